The van der Waals surface area contributed by atoms with Gasteiger partial charge in [0.2, 0.25) is 0 Å². The van der Waals surface area contributed by atoms with Crippen molar-refractivity contribution in [2.75, 3.05) is 11.9 Å². The van der Waals surface area contributed by atoms with Crippen LogP contribution in [-0.2, 0) is 4.79 Å². The predicted molar refractivity (Wildman–Crippen MR) is 94.2 cm³/mol. The van der Waals surface area contributed by atoms with Crippen molar-refractivity contribution in [1.82, 2.24) is 5.43 Å². The minimum Gasteiger partial charge on any atom is -0.376 e. The number of nitrogens with one attached hydrogen (secondary N) is 2. The van der Waals surface area contributed by atoms with Crippen LogP contribution in [0.4, 0.5) is 5.69 Å². The summed E-state index contributed by atoms with van der Waals surface area (Å²) in [4.78, 5) is 11.8. The van der Waals surface area contributed by atoms with Gasteiger partial charge in [0, 0.05) is 10.2 Å². The van der Waals surface area contributed by atoms with Crippen molar-refractivity contribution in [2.45, 2.75) is 13.8 Å². The van der Waals surface area contributed by atoms with E-state index in [0.29, 0.717) is 0 Å². The Morgan fingerprint density at radius 1 is 1.14 bits per heavy atom. The van der Waals surface area contributed by atoms with E-state index in [-0.39, 0.29) is 12.5 Å². The van der Waals surface area contributed by atoms with Gasteiger partial charge in [0.1, 0.15) is 0 Å². The molecule has 22 heavy (non-hydrogen) atoms. The summed E-state index contributed by atoms with van der Waals surface area (Å²) >= 11 is 3.39. The Hall–Kier alpha value is -2.14. The van der Waals surface area contributed by atoms with Gasteiger partial charge in [-0.2, -0.15) is 5.10 Å². The van der Waals surface area contributed by atoms with Crippen LogP contribution in [0.15, 0.2) is 58.1 Å². The number of aryl methyl sites for hydroxylation is 1. The minimum absolute atomic E-state index is 0.181. The maximum Gasteiger partial charge on any atom is 0.259 e. The highest BCUT2D eigenvalue weighted by Crippen LogP contribution is 2.12. The van der Waals surface area contributed by atoms with Gasteiger partial charge in [-0.25, -0.2) is 5.43 Å². The molecule has 2 aromatic carbocycles. The van der Waals surface area contributed by atoms with E-state index < -0.39 is 0 Å². The number of para-hydroxylation sites is 1. The molecule has 2 N–H and O–H groups in total. The van der Waals surface area contributed by atoms with Crippen LogP contribution >= 0.6 is 15.9 Å². The highest BCUT2D eigenvalue weighted by atomic mass is 79.9. The fraction of sp³-hybridized carbons (Fsp3) is 0.176. The van der Waals surface area contributed by atoms with E-state index in [4.69, 9.17) is 0 Å². The number of rotatable bonds is 5. The smallest absolute Gasteiger partial charge is 0.259 e. The molecular weight excluding hydrogens is 342 g/mol. The Balaban J connectivity index is 1.88. The first kappa shape index (κ1) is 16.2. The molecule has 0 fully saturated rings. The van der Waals surface area contributed by atoms with Gasteiger partial charge in [-0.3, -0.25) is 4.79 Å². The topological polar surface area (TPSA) is 53.5 Å². The standard InChI is InChI=1S/C17H18BrN3O/c1-12-5-3-4-6-16(12)19-11-17(22)21-20-13(2)14-7-9-15(18)10-8-14/h3-10,19H,11H2,1-2H3,(H,21,22). The molecule has 0 unspecified atom stereocenters. The number of hydrogen-bond acceptors (Lipinski definition) is 3. The fourth-order valence-electron chi connectivity index (χ4n) is 1.89. The maximum absolute atomic E-state index is 11.8. The number of carbonyl (C=O) groups is 1. The number of hydrazone groups is 1. The van der Waals surface area contributed by atoms with Gasteiger partial charge in [0.15, 0.2) is 0 Å². The number of benzene rings is 2. The van der Waals surface area contributed by atoms with Gasteiger partial charge in [0.25, 0.3) is 5.91 Å². The van der Waals surface area contributed by atoms with E-state index in [1.807, 2.05) is 62.4 Å². The SMILES string of the molecule is CC(=NNC(=O)CNc1ccccc1C)c1ccc(Br)cc1. The molecule has 2 rings (SSSR count). The van der Waals surface area contributed by atoms with Crippen LogP contribution in [0, 0.1) is 6.92 Å². The van der Waals surface area contributed by atoms with Gasteiger partial charge in [-0.05, 0) is 43.2 Å². The lowest BCUT2D eigenvalue weighted by molar-refractivity contribution is -0.119. The summed E-state index contributed by atoms with van der Waals surface area (Å²) in [6.45, 7) is 4.04. The number of carbonyl (C=O) groups excluding carboxylic acids is 1. The van der Waals surface area contributed by atoms with Crippen LogP contribution in [0.25, 0.3) is 0 Å². The molecule has 0 aliphatic carbocycles. The lowest BCUT2D eigenvalue weighted by atomic mass is 10.1. The number of anilines is 1. The van der Waals surface area contributed by atoms with Crippen LogP contribution in [0.2, 0.25) is 0 Å². The Morgan fingerprint density at radius 3 is 2.50 bits per heavy atom. The van der Waals surface area contributed by atoms with Crippen LogP contribution in [0.3, 0.4) is 0 Å². The zero-order valence-corrected chi connectivity index (χ0v) is 14.1. The Morgan fingerprint density at radius 2 is 1.82 bits per heavy atom. The van der Waals surface area contributed by atoms with Gasteiger partial charge in [-0.15, -0.1) is 0 Å². The van der Waals surface area contributed by atoms with Crippen molar-refractivity contribution in [3.8, 4) is 0 Å². The van der Waals surface area contributed by atoms with Gasteiger partial charge in [0.05, 0.1) is 12.3 Å². The second kappa shape index (κ2) is 7.75. The molecule has 0 heterocycles. The first-order valence-electron chi connectivity index (χ1n) is 6.95. The quantitative estimate of drug-likeness (QED) is 0.631. The third kappa shape index (κ3) is 4.70. The highest BCUT2D eigenvalue weighted by Gasteiger charge is 2.03. The maximum atomic E-state index is 11.8. The Bertz CT molecular complexity index is 681. The summed E-state index contributed by atoms with van der Waals surface area (Å²) in [5, 5.41) is 7.22. The molecule has 1 amide bonds. The molecule has 0 saturated carbocycles. The van der Waals surface area contributed by atoms with E-state index in [0.717, 1.165) is 27.0 Å². The number of halogens is 1. The van der Waals surface area contributed by atoms with Crippen molar-refractivity contribution >= 4 is 33.2 Å². The van der Waals surface area contributed by atoms with Crippen LogP contribution in [0.5, 0.6) is 0 Å². The van der Waals surface area contributed by atoms with E-state index in [9.17, 15) is 4.79 Å². The molecule has 0 aliphatic rings. The average Bonchev–Trinajstić information content (AvgIpc) is 2.52. The molecule has 0 atom stereocenters. The van der Waals surface area contributed by atoms with E-state index in [1.165, 1.54) is 0 Å². The van der Waals surface area contributed by atoms with Crippen molar-refractivity contribution in [3.63, 3.8) is 0 Å². The van der Waals surface area contributed by atoms with Gasteiger partial charge >= 0.3 is 0 Å². The molecule has 5 heteroatoms. The largest absolute Gasteiger partial charge is 0.376 e. The summed E-state index contributed by atoms with van der Waals surface area (Å²) in [6.07, 6.45) is 0. The fourth-order valence-corrected chi connectivity index (χ4v) is 2.15. The van der Waals surface area contributed by atoms with Crippen molar-refractivity contribution < 1.29 is 4.79 Å². The highest BCUT2D eigenvalue weighted by molar-refractivity contribution is 9.10. The average molecular weight is 360 g/mol. The van der Waals surface area contributed by atoms with Crippen LogP contribution < -0.4 is 10.7 Å². The zero-order valence-electron chi connectivity index (χ0n) is 12.6. The minimum atomic E-state index is -0.181. The second-order valence-corrected chi connectivity index (χ2v) is 5.82. The summed E-state index contributed by atoms with van der Waals surface area (Å²) in [5.41, 5.74) is 6.34. The molecule has 0 aliphatic heterocycles. The summed E-state index contributed by atoms with van der Waals surface area (Å²) < 4.78 is 1.01. The molecule has 0 bridgehead atoms. The van der Waals surface area contributed by atoms with Gasteiger partial charge in [-0.1, -0.05) is 46.3 Å². The molecule has 0 spiro atoms. The van der Waals surface area contributed by atoms with Crippen molar-refractivity contribution in [3.05, 3.63) is 64.1 Å². The molecule has 114 valence electrons. The summed E-state index contributed by atoms with van der Waals surface area (Å²) in [7, 11) is 0. The van der Waals surface area contributed by atoms with Gasteiger partial charge < -0.3 is 5.32 Å². The van der Waals surface area contributed by atoms with Crippen molar-refractivity contribution in [2.24, 2.45) is 5.10 Å². The summed E-state index contributed by atoms with van der Waals surface area (Å²) in [6, 6.07) is 15.6. The third-order valence-corrected chi connectivity index (χ3v) is 3.72. The first-order chi connectivity index (χ1) is 10.6. The first-order valence-corrected chi connectivity index (χ1v) is 7.74. The number of hydrogen-bond donors (Lipinski definition) is 2. The molecule has 0 saturated heterocycles. The molecule has 0 radical (unpaired) electrons. The van der Waals surface area contributed by atoms with Crippen molar-refractivity contribution in [1.29, 1.82) is 0 Å². The molecule has 4 nitrogen and oxygen atoms in total. The molecule has 0 aromatic heterocycles. The van der Waals surface area contributed by atoms with E-state index in [2.05, 4.69) is 31.8 Å². The normalized spacial score (nSPS) is 11.1. The number of nitrogens with zero attached hydrogens (tertiary/aromatic N) is 1. The molecule has 2 aromatic rings. The van der Waals surface area contributed by atoms with Crippen LogP contribution in [0.1, 0.15) is 18.1 Å². The lowest BCUT2D eigenvalue weighted by Gasteiger charge is -2.08. The summed E-state index contributed by atoms with van der Waals surface area (Å²) in [5.74, 6) is -0.181. The van der Waals surface area contributed by atoms with Crippen LogP contribution in [-0.4, -0.2) is 18.2 Å². The third-order valence-electron chi connectivity index (χ3n) is 3.19. The molecular formula is C17H18BrN3O. The zero-order chi connectivity index (χ0) is 15.9. The Kier molecular flexibility index (Phi) is 5.72. The lowest BCUT2D eigenvalue weighted by Crippen LogP contribution is -2.27. The Labute approximate surface area is 138 Å². The monoisotopic (exact) mass is 359 g/mol. The van der Waals surface area contributed by atoms with E-state index in [1.54, 1.807) is 0 Å². The number of amides is 1. The van der Waals surface area contributed by atoms with E-state index >= 15 is 0 Å². The second-order valence-electron chi connectivity index (χ2n) is 4.91. The predicted octanol–water partition coefficient (Wildman–Crippen LogP) is 3.71.